The van der Waals surface area contributed by atoms with Crippen molar-refractivity contribution in [2.24, 2.45) is 5.16 Å². The van der Waals surface area contributed by atoms with E-state index in [1.165, 1.54) is 0 Å². The summed E-state index contributed by atoms with van der Waals surface area (Å²) < 4.78 is 1.76. The molecule has 2 aromatic rings. The standard InChI is InChI=1S/C15H18N4O2S/c1-10(2)19-13(6-7-16-19)17-14(20)15(3)9-11(18-21-15)12-5-4-8-22-12/h4-8,10H,9H2,1-3H3,(H,17,20). The molecule has 3 heterocycles. The van der Waals surface area contributed by atoms with Crippen LogP contribution >= 0.6 is 11.3 Å². The smallest absolute Gasteiger partial charge is 0.272 e. The molecule has 0 fully saturated rings. The number of amides is 1. The maximum absolute atomic E-state index is 12.6. The average Bonchev–Trinajstić information content (AvgIpc) is 3.17. The zero-order chi connectivity index (χ0) is 15.7. The van der Waals surface area contributed by atoms with Gasteiger partial charge >= 0.3 is 0 Å². The Balaban J connectivity index is 1.72. The van der Waals surface area contributed by atoms with Crippen LogP contribution in [0.25, 0.3) is 0 Å². The average molecular weight is 318 g/mol. The SMILES string of the molecule is CC(C)n1nccc1NC(=O)C1(C)CC(c2cccs2)=NO1. The third-order valence-electron chi connectivity index (χ3n) is 3.55. The molecule has 1 unspecified atom stereocenters. The molecule has 0 aromatic carbocycles. The third-order valence-corrected chi connectivity index (χ3v) is 4.47. The first kappa shape index (κ1) is 14.8. The van der Waals surface area contributed by atoms with E-state index in [0.29, 0.717) is 12.2 Å². The topological polar surface area (TPSA) is 68.5 Å². The molecule has 0 spiro atoms. The van der Waals surface area contributed by atoms with Crippen molar-refractivity contribution in [2.75, 3.05) is 5.32 Å². The van der Waals surface area contributed by atoms with Gasteiger partial charge in [-0.25, -0.2) is 4.68 Å². The number of aromatic nitrogens is 2. The van der Waals surface area contributed by atoms with Crippen LogP contribution in [0.3, 0.4) is 0 Å². The first-order chi connectivity index (χ1) is 10.5. The molecular weight excluding hydrogens is 300 g/mol. The molecule has 0 saturated carbocycles. The van der Waals surface area contributed by atoms with E-state index in [1.807, 2.05) is 31.4 Å². The van der Waals surface area contributed by atoms with Gasteiger partial charge in [0.25, 0.3) is 5.91 Å². The highest BCUT2D eigenvalue weighted by Crippen LogP contribution is 2.29. The van der Waals surface area contributed by atoms with Crippen molar-refractivity contribution in [3.8, 4) is 0 Å². The van der Waals surface area contributed by atoms with E-state index >= 15 is 0 Å². The predicted octanol–water partition coefficient (Wildman–Crippen LogP) is 3.05. The van der Waals surface area contributed by atoms with Crippen molar-refractivity contribution in [1.29, 1.82) is 0 Å². The van der Waals surface area contributed by atoms with Crippen molar-refractivity contribution in [2.45, 2.75) is 38.8 Å². The molecule has 0 bridgehead atoms. The first-order valence-electron chi connectivity index (χ1n) is 7.13. The van der Waals surface area contributed by atoms with Crippen molar-refractivity contribution in [3.05, 3.63) is 34.7 Å². The summed E-state index contributed by atoms with van der Waals surface area (Å²) in [6.45, 7) is 5.77. The second-order valence-electron chi connectivity index (χ2n) is 5.72. The second-order valence-corrected chi connectivity index (χ2v) is 6.67. The Labute approximate surface area is 132 Å². The number of oxime groups is 1. The van der Waals surface area contributed by atoms with Crippen LogP contribution in [0.2, 0.25) is 0 Å². The Hall–Kier alpha value is -2.15. The lowest BCUT2D eigenvalue weighted by Gasteiger charge is -2.21. The Kier molecular flexibility index (Phi) is 3.74. The van der Waals surface area contributed by atoms with Gasteiger partial charge in [0.2, 0.25) is 5.60 Å². The number of nitrogens with one attached hydrogen (secondary N) is 1. The summed E-state index contributed by atoms with van der Waals surface area (Å²) >= 11 is 1.59. The molecule has 0 aliphatic carbocycles. The number of carbonyl (C=O) groups excluding carboxylic acids is 1. The minimum absolute atomic E-state index is 0.167. The summed E-state index contributed by atoms with van der Waals surface area (Å²) in [5.41, 5.74) is -0.184. The van der Waals surface area contributed by atoms with E-state index in [0.717, 1.165) is 10.6 Å². The molecule has 1 amide bonds. The van der Waals surface area contributed by atoms with Crippen LogP contribution in [0.15, 0.2) is 34.9 Å². The lowest BCUT2D eigenvalue weighted by molar-refractivity contribution is -0.136. The van der Waals surface area contributed by atoms with Crippen molar-refractivity contribution in [3.63, 3.8) is 0 Å². The van der Waals surface area contributed by atoms with Gasteiger partial charge in [0.1, 0.15) is 11.5 Å². The molecule has 116 valence electrons. The van der Waals surface area contributed by atoms with E-state index in [9.17, 15) is 4.79 Å². The van der Waals surface area contributed by atoms with Crippen LogP contribution in [0, 0.1) is 0 Å². The lowest BCUT2D eigenvalue weighted by atomic mass is 9.98. The van der Waals surface area contributed by atoms with Gasteiger partial charge in [0.05, 0.1) is 11.1 Å². The van der Waals surface area contributed by atoms with E-state index in [-0.39, 0.29) is 11.9 Å². The van der Waals surface area contributed by atoms with E-state index in [1.54, 1.807) is 35.2 Å². The quantitative estimate of drug-likeness (QED) is 0.942. The summed E-state index contributed by atoms with van der Waals surface area (Å²) in [5, 5.41) is 13.2. The summed E-state index contributed by atoms with van der Waals surface area (Å²) in [4.78, 5) is 19.0. The number of thiophene rings is 1. The third kappa shape index (κ3) is 2.64. The Bertz CT molecular complexity index is 705. The number of rotatable bonds is 4. The number of carbonyl (C=O) groups is 1. The largest absolute Gasteiger partial charge is 0.379 e. The van der Waals surface area contributed by atoms with Gasteiger partial charge in [-0.05, 0) is 32.2 Å². The van der Waals surface area contributed by atoms with Gasteiger partial charge < -0.3 is 10.2 Å². The van der Waals surface area contributed by atoms with Gasteiger partial charge in [0.15, 0.2) is 0 Å². The van der Waals surface area contributed by atoms with Crippen LogP contribution in [0.1, 0.15) is 38.1 Å². The minimum atomic E-state index is -0.995. The fraction of sp³-hybridized carbons (Fsp3) is 0.400. The molecule has 0 radical (unpaired) electrons. The first-order valence-corrected chi connectivity index (χ1v) is 8.01. The predicted molar refractivity (Wildman–Crippen MR) is 86.2 cm³/mol. The van der Waals surface area contributed by atoms with E-state index in [4.69, 9.17) is 4.84 Å². The molecule has 1 atom stereocenters. The fourth-order valence-corrected chi connectivity index (χ4v) is 3.02. The number of hydrogen-bond acceptors (Lipinski definition) is 5. The molecule has 2 aromatic heterocycles. The summed E-state index contributed by atoms with van der Waals surface area (Å²) in [7, 11) is 0. The molecule has 1 aliphatic rings. The van der Waals surface area contributed by atoms with Crippen LogP contribution in [0.4, 0.5) is 5.82 Å². The molecule has 1 N–H and O–H groups in total. The number of anilines is 1. The Morgan fingerprint density at radius 2 is 2.32 bits per heavy atom. The Morgan fingerprint density at radius 1 is 1.50 bits per heavy atom. The van der Waals surface area contributed by atoms with Crippen LogP contribution < -0.4 is 5.32 Å². The summed E-state index contributed by atoms with van der Waals surface area (Å²) in [6, 6.07) is 5.88. The number of hydrogen-bond donors (Lipinski definition) is 1. The van der Waals surface area contributed by atoms with E-state index < -0.39 is 5.60 Å². The molecule has 22 heavy (non-hydrogen) atoms. The molecule has 7 heteroatoms. The minimum Gasteiger partial charge on any atom is -0.379 e. The van der Waals surface area contributed by atoms with Crippen LogP contribution in [-0.4, -0.2) is 27.0 Å². The van der Waals surface area contributed by atoms with Crippen molar-refractivity contribution in [1.82, 2.24) is 9.78 Å². The van der Waals surface area contributed by atoms with Crippen molar-refractivity contribution >= 4 is 28.8 Å². The molecular formula is C15H18N4O2S. The molecule has 3 rings (SSSR count). The number of nitrogens with zero attached hydrogens (tertiary/aromatic N) is 3. The highest BCUT2D eigenvalue weighted by atomic mass is 32.1. The summed E-state index contributed by atoms with van der Waals surface area (Å²) in [5.74, 6) is 0.444. The van der Waals surface area contributed by atoms with Gasteiger partial charge in [-0.3, -0.25) is 4.79 Å². The highest BCUT2D eigenvalue weighted by Gasteiger charge is 2.42. The van der Waals surface area contributed by atoms with Gasteiger partial charge in [-0.15, -0.1) is 11.3 Å². The van der Waals surface area contributed by atoms with Gasteiger partial charge in [-0.1, -0.05) is 11.2 Å². The van der Waals surface area contributed by atoms with Gasteiger partial charge in [0, 0.05) is 18.5 Å². The zero-order valence-electron chi connectivity index (χ0n) is 12.7. The summed E-state index contributed by atoms with van der Waals surface area (Å²) in [6.07, 6.45) is 2.12. The van der Waals surface area contributed by atoms with Crippen molar-refractivity contribution < 1.29 is 9.63 Å². The Morgan fingerprint density at radius 3 is 3.00 bits per heavy atom. The molecule has 6 nitrogen and oxygen atoms in total. The maximum Gasteiger partial charge on any atom is 0.272 e. The lowest BCUT2D eigenvalue weighted by Crippen LogP contribution is -2.40. The molecule has 0 saturated heterocycles. The maximum atomic E-state index is 12.6. The van der Waals surface area contributed by atoms with Gasteiger partial charge in [-0.2, -0.15) is 5.10 Å². The molecule has 1 aliphatic heterocycles. The second kappa shape index (κ2) is 5.57. The monoisotopic (exact) mass is 318 g/mol. The van der Waals surface area contributed by atoms with Crippen LogP contribution in [-0.2, 0) is 9.63 Å². The normalized spacial score (nSPS) is 20.8. The van der Waals surface area contributed by atoms with Crippen LogP contribution in [0.5, 0.6) is 0 Å². The fourth-order valence-electron chi connectivity index (χ4n) is 2.31. The highest BCUT2D eigenvalue weighted by molar-refractivity contribution is 7.12. The van der Waals surface area contributed by atoms with E-state index in [2.05, 4.69) is 15.6 Å². The zero-order valence-corrected chi connectivity index (χ0v) is 13.6.